The highest BCUT2D eigenvalue weighted by atomic mass is 16.5. The van der Waals surface area contributed by atoms with E-state index in [4.69, 9.17) is 9.47 Å². The van der Waals surface area contributed by atoms with E-state index in [1.807, 2.05) is 36.4 Å². The number of carbonyl (C=O) groups is 1. The van der Waals surface area contributed by atoms with Gasteiger partial charge in [-0.1, -0.05) is 54.6 Å². The van der Waals surface area contributed by atoms with Crippen molar-refractivity contribution >= 4 is 5.78 Å². The second kappa shape index (κ2) is 7.74. The molecule has 0 saturated carbocycles. The Hall–Kier alpha value is -3.27. The largest absolute Gasteiger partial charge is 0.507 e. The topological polar surface area (TPSA) is 55.8 Å². The maximum Gasteiger partial charge on any atom is 0.160 e. The van der Waals surface area contributed by atoms with Gasteiger partial charge in [-0.05, 0) is 18.1 Å². The quantitative estimate of drug-likeness (QED) is 0.647. The summed E-state index contributed by atoms with van der Waals surface area (Å²) in [5.41, 5.74) is 2.66. The SMILES string of the molecule is COc1cc(OCc2ccccc2)cc(O)c1-c1ccccc1C(C)=O. The van der Waals surface area contributed by atoms with Crippen LogP contribution in [0.4, 0.5) is 0 Å². The van der Waals surface area contributed by atoms with Gasteiger partial charge in [-0.25, -0.2) is 0 Å². The molecule has 4 nitrogen and oxygen atoms in total. The van der Waals surface area contributed by atoms with E-state index < -0.39 is 0 Å². The zero-order chi connectivity index (χ0) is 18.5. The molecule has 1 N–H and O–H groups in total. The third-order valence-corrected chi connectivity index (χ3v) is 4.10. The lowest BCUT2D eigenvalue weighted by Crippen LogP contribution is -1.99. The molecule has 26 heavy (non-hydrogen) atoms. The van der Waals surface area contributed by atoms with E-state index in [-0.39, 0.29) is 11.5 Å². The summed E-state index contributed by atoms with van der Waals surface area (Å²) in [5.74, 6) is 0.863. The number of aromatic hydroxyl groups is 1. The van der Waals surface area contributed by atoms with Gasteiger partial charge in [0.05, 0.1) is 12.7 Å². The lowest BCUT2D eigenvalue weighted by molar-refractivity contribution is 0.101. The number of phenols is 1. The Morgan fingerprint density at radius 3 is 2.38 bits per heavy atom. The fourth-order valence-corrected chi connectivity index (χ4v) is 2.84. The second-order valence-corrected chi connectivity index (χ2v) is 5.90. The highest BCUT2D eigenvalue weighted by Crippen LogP contribution is 2.42. The number of Topliss-reactive ketones (excluding diaryl/α,β-unsaturated/α-hetero) is 1. The number of ether oxygens (including phenoxy) is 2. The van der Waals surface area contributed by atoms with Crippen LogP contribution in [0.25, 0.3) is 11.1 Å². The van der Waals surface area contributed by atoms with E-state index in [0.717, 1.165) is 5.56 Å². The molecule has 3 aromatic carbocycles. The number of hydrogen-bond donors (Lipinski definition) is 1. The molecule has 0 radical (unpaired) electrons. The minimum Gasteiger partial charge on any atom is -0.507 e. The van der Waals surface area contributed by atoms with E-state index in [1.165, 1.54) is 20.1 Å². The Kier molecular flexibility index (Phi) is 5.23. The van der Waals surface area contributed by atoms with Gasteiger partial charge in [0.1, 0.15) is 23.9 Å². The van der Waals surface area contributed by atoms with Crippen molar-refractivity contribution in [3.8, 4) is 28.4 Å². The van der Waals surface area contributed by atoms with Crippen molar-refractivity contribution in [1.82, 2.24) is 0 Å². The Morgan fingerprint density at radius 2 is 1.69 bits per heavy atom. The van der Waals surface area contributed by atoms with E-state index in [0.29, 0.717) is 34.8 Å². The molecule has 0 amide bonds. The molecule has 132 valence electrons. The van der Waals surface area contributed by atoms with Crippen LogP contribution < -0.4 is 9.47 Å². The monoisotopic (exact) mass is 348 g/mol. The van der Waals surface area contributed by atoms with Gasteiger partial charge in [-0.3, -0.25) is 4.79 Å². The first-order valence-electron chi connectivity index (χ1n) is 8.28. The van der Waals surface area contributed by atoms with Crippen molar-refractivity contribution < 1.29 is 19.4 Å². The lowest BCUT2D eigenvalue weighted by Gasteiger charge is -2.16. The van der Waals surface area contributed by atoms with E-state index in [1.54, 1.807) is 24.3 Å². The number of ketones is 1. The highest BCUT2D eigenvalue weighted by Gasteiger charge is 2.18. The van der Waals surface area contributed by atoms with E-state index in [2.05, 4.69) is 0 Å². The summed E-state index contributed by atoms with van der Waals surface area (Å²) < 4.78 is 11.2. The van der Waals surface area contributed by atoms with Gasteiger partial charge in [-0.2, -0.15) is 0 Å². The molecule has 0 atom stereocenters. The summed E-state index contributed by atoms with van der Waals surface area (Å²) in [4.78, 5) is 11.9. The average molecular weight is 348 g/mol. The molecule has 0 heterocycles. The summed E-state index contributed by atoms with van der Waals surface area (Å²) in [5, 5.41) is 10.6. The molecule has 0 spiro atoms. The first-order chi connectivity index (χ1) is 12.6. The molecule has 0 aliphatic carbocycles. The number of rotatable bonds is 6. The summed E-state index contributed by atoms with van der Waals surface area (Å²) in [6.07, 6.45) is 0. The Labute approximate surface area is 152 Å². The number of methoxy groups -OCH3 is 1. The third kappa shape index (κ3) is 3.70. The number of carbonyl (C=O) groups excluding carboxylic acids is 1. The minimum absolute atomic E-state index is 0.00103. The molecule has 0 fully saturated rings. The predicted octanol–water partition coefficient (Wildman–Crippen LogP) is 4.85. The average Bonchev–Trinajstić information content (AvgIpc) is 2.66. The Balaban J connectivity index is 1.97. The summed E-state index contributed by atoms with van der Waals surface area (Å²) in [6.45, 7) is 1.88. The Morgan fingerprint density at radius 1 is 1.00 bits per heavy atom. The molecular formula is C22H20O4. The standard InChI is InChI=1S/C22H20O4/c1-15(23)18-10-6-7-11-19(18)22-20(24)12-17(13-21(22)25-2)26-14-16-8-4-3-5-9-16/h3-13,24H,14H2,1-2H3. The fourth-order valence-electron chi connectivity index (χ4n) is 2.84. The van der Waals surface area contributed by atoms with Crippen molar-refractivity contribution in [2.45, 2.75) is 13.5 Å². The van der Waals surface area contributed by atoms with Gasteiger partial charge in [0.2, 0.25) is 0 Å². The molecule has 0 unspecified atom stereocenters. The number of benzene rings is 3. The maximum absolute atomic E-state index is 11.9. The van der Waals surface area contributed by atoms with Crippen LogP contribution in [0.5, 0.6) is 17.2 Å². The summed E-state index contributed by atoms with van der Waals surface area (Å²) in [6, 6.07) is 20.2. The van der Waals surface area contributed by atoms with Gasteiger partial charge in [-0.15, -0.1) is 0 Å². The van der Waals surface area contributed by atoms with Crippen LogP contribution >= 0.6 is 0 Å². The van der Waals surface area contributed by atoms with Gasteiger partial charge in [0, 0.05) is 17.7 Å². The van der Waals surface area contributed by atoms with Crippen molar-refractivity contribution in [2.24, 2.45) is 0 Å². The number of phenolic OH excluding ortho intramolecular Hbond substituents is 1. The minimum atomic E-state index is -0.0774. The lowest BCUT2D eigenvalue weighted by atomic mass is 9.96. The summed E-state index contributed by atoms with van der Waals surface area (Å²) >= 11 is 0. The molecule has 3 aromatic rings. The normalized spacial score (nSPS) is 10.4. The smallest absolute Gasteiger partial charge is 0.160 e. The third-order valence-electron chi connectivity index (χ3n) is 4.10. The molecular weight excluding hydrogens is 328 g/mol. The molecule has 0 bridgehead atoms. The molecule has 0 aliphatic rings. The zero-order valence-electron chi connectivity index (χ0n) is 14.7. The van der Waals surface area contributed by atoms with Crippen LogP contribution in [0.2, 0.25) is 0 Å². The fraction of sp³-hybridized carbons (Fsp3) is 0.136. The number of hydrogen-bond acceptors (Lipinski definition) is 4. The van der Waals surface area contributed by atoms with Crippen molar-refractivity contribution in [3.05, 3.63) is 77.9 Å². The van der Waals surface area contributed by atoms with E-state index in [9.17, 15) is 9.90 Å². The van der Waals surface area contributed by atoms with Crippen LogP contribution in [-0.2, 0) is 6.61 Å². The van der Waals surface area contributed by atoms with Gasteiger partial charge in [0.25, 0.3) is 0 Å². The molecule has 0 saturated heterocycles. The molecule has 4 heteroatoms. The first-order valence-corrected chi connectivity index (χ1v) is 8.28. The summed E-state index contributed by atoms with van der Waals surface area (Å²) in [7, 11) is 1.52. The molecule has 0 aromatic heterocycles. The van der Waals surface area contributed by atoms with Crippen molar-refractivity contribution in [1.29, 1.82) is 0 Å². The van der Waals surface area contributed by atoms with Crippen LogP contribution in [0.1, 0.15) is 22.8 Å². The van der Waals surface area contributed by atoms with Crippen LogP contribution in [0.15, 0.2) is 66.7 Å². The van der Waals surface area contributed by atoms with Crippen LogP contribution in [0, 0.1) is 0 Å². The van der Waals surface area contributed by atoms with E-state index >= 15 is 0 Å². The second-order valence-electron chi connectivity index (χ2n) is 5.90. The van der Waals surface area contributed by atoms with Gasteiger partial charge in [0.15, 0.2) is 5.78 Å². The Bertz CT molecular complexity index is 917. The maximum atomic E-state index is 11.9. The predicted molar refractivity (Wildman–Crippen MR) is 101 cm³/mol. The highest BCUT2D eigenvalue weighted by molar-refractivity contribution is 6.02. The van der Waals surface area contributed by atoms with Gasteiger partial charge >= 0.3 is 0 Å². The molecule has 0 aliphatic heterocycles. The van der Waals surface area contributed by atoms with Gasteiger partial charge < -0.3 is 14.6 Å². The molecule has 3 rings (SSSR count). The van der Waals surface area contributed by atoms with Crippen LogP contribution in [-0.4, -0.2) is 18.0 Å². The van der Waals surface area contributed by atoms with Crippen molar-refractivity contribution in [3.63, 3.8) is 0 Å². The van der Waals surface area contributed by atoms with Crippen LogP contribution in [0.3, 0.4) is 0 Å². The van der Waals surface area contributed by atoms with Crippen molar-refractivity contribution in [2.75, 3.05) is 7.11 Å². The first kappa shape index (κ1) is 17.5. The zero-order valence-corrected chi connectivity index (χ0v) is 14.7.